The van der Waals surface area contributed by atoms with Gasteiger partial charge in [0, 0.05) is 37.9 Å². The summed E-state index contributed by atoms with van der Waals surface area (Å²) < 4.78 is 20.1. The van der Waals surface area contributed by atoms with Crippen molar-refractivity contribution in [3.63, 3.8) is 0 Å². The fraction of sp³-hybridized carbons (Fsp3) is 0.421. The van der Waals surface area contributed by atoms with E-state index in [1.165, 1.54) is 0 Å². The topological polar surface area (TPSA) is 94.3 Å². The number of ether oxygens (including phenoxy) is 3. The summed E-state index contributed by atoms with van der Waals surface area (Å²) in [6.07, 6.45) is 0. The molecule has 1 aromatic carbocycles. The van der Waals surface area contributed by atoms with Crippen LogP contribution in [0.3, 0.4) is 0 Å². The molecular weight excluding hydrogens is 366 g/mol. The summed E-state index contributed by atoms with van der Waals surface area (Å²) in [4.78, 5) is 27.8. The highest BCUT2D eigenvalue weighted by Gasteiger charge is 2.22. The number of hydrogen-bond donors (Lipinski definition) is 0. The van der Waals surface area contributed by atoms with Crippen molar-refractivity contribution in [1.29, 1.82) is 0 Å². The minimum atomic E-state index is -0.633. The van der Waals surface area contributed by atoms with E-state index < -0.39 is 5.97 Å². The van der Waals surface area contributed by atoms with Gasteiger partial charge in [0.25, 0.3) is 11.8 Å². The third-order valence-corrected chi connectivity index (χ3v) is 4.37. The molecule has 1 amide bonds. The number of nitrogens with zero attached hydrogens (tertiary/aromatic N) is 3. The highest BCUT2D eigenvalue weighted by Crippen LogP contribution is 2.20. The number of carbonyl (C=O) groups is 2. The van der Waals surface area contributed by atoms with E-state index in [1.54, 1.807) is 25.0 Å². The maximum Gasteiger partial charge on any atom is 0.344 e. The van der Waals surface area contributed by atoms with E-state index >= 15 is 0 Å². The second kappa shape index (κ2) is 9.12. The van der Waals surface area contributed by atoms with Crippen LogP contribution in [0.25, 0.3) is 0 Å². The molecule has 0 N–H and O–H groups in total. The lowest BCUT2D eigenvalue weighted by atomic mass is 10.2. The summed E-state index contributed by atoms with van der Waals surface area (Å²) in [5.41, 5.74) is 1.08. The summed E-state index contributed by atoms with van der Waals surface area (Å²) in [6, 6.07) is 9.37. The van der Waals surface area contributed by atoms with E-state index in [2.05, 4.69) is 10.1 Å². The third kappa shape index (κ3) is 5.15. The predicted octanol–water partition coefficient (Wildman–Crippen LogP) is 1.26. The van der Waals surface area contributed by atoms with Crippen LogP contribution in [0, 0.1) is 6.92 Å². The largest absolute Gasteiger partial charge is 0.497 e. The van der Waals surface area contributed by atoms with Gasteiger partial charge in [0.15, 0.2) is 13.2 Å². The normalized spacial score (nSPS) is 13.9. The molecule has 0 spiro atoms. The van der Waals surface area contributed by atoms with Crippen molar-refractivity contribution in [2.75, 3.05) is 51.4 Å². The van der Waals surface area contributed by atoms with E-state index in [9.17, 15) is 9.59 Å². The van der Waals surface area contributed by atoms with Crippen molar-refractivity contribution in [3.8, 4) is 11.6 Å². The molecule has 1 aromatic heterocycles. The Hall–Kier alpha value is -3.23. The average molecular weight is 389 g/mol. The molecule has 9 heteroatoms. The Kier molecular flexibility index (Phi) is 6.36. The molecule has 1 fully saturated rings. The molecular formula is C19H23N3O6. The van der Waals surface area contributed by atoms with Gasteiger partial charge in [-0.05, 0) is 36.3 Å². The molecule has 0 saturated carbocycles. The number of rotatable bonds is 7. The Morgan fingerprint density at radius 3 is 2.43 bits per heavy atom. The quantitative estimate of drug-likeness (QED) is 0.654. The SMILES string of the molecule is COc1ccc(N2CCN(C(=O)COC(=O)COc3cc(C)on3)CC2)cc1. The van der Waals surface area contributed by atoms with Gasteiger partial charge in [-0.1, -0.05) is 0 Å². The fourth-order valence-electron chi connectivity index (χ4n) is 2.83. The Labute approximate surface area is 162 Å². The minimum Gasteiger partial charge on any atom is -0.497 e. The molecule has 1 saturated heterocycles. The van der Waals surface area contributed by atoms with Crippen LogP contribution in [0.1, 0.15) is 5.76 Å². The lowest BCUT2D eigenvalue weighted by Gasteiger charge is -2.36. The summed E-state index contributed by atoms with van der Waals surface area (Å²) in [5, 5.41) is 3.61. The second-order valence-corrected chi connectivity index (χ2v) is 6.29. The monoisotopic (exact) mass is 389 g/mol. The van der Waals surface area contributed by atoms with Gasteiger partial charge in [-0.25, -0.2) is 4.79 Å². The number of methoxy groups -OCH3 is 1. The first-order valence-corrected chi connectivity index (χ1v) is 8.93. The second-order valence-electron chi connectivity index (χ2n) is 6.29. The molecule has 2 aromatic rings. The van der Waals surface area contributed by atoms with Gasteiger partial charge < -0.3 is 28.5 Å². The number of hydrogen-bond acceptors (Lipinski definition) is 8. The molecule has 0 unspecified atom stereocenters. The molecule has 0 aliphatic carbocycles. The molecule has 0 radical (unpaired) electrons. The number of piperazine rings is 1. The molecule has 0 bridgehead atoms. The number of esters is 1. The molecule has 0 atom stereocenters. The highest BCUT2D eigenvalue weighted by atomic mass is 16.6. The van der Waals surface area contributed by atoms with E-state index in [4.69, 9.17) is 18.7 Å². The summed E-state index contributed by atoms with van der Waals surface area (Å²) in [6.45, 7) is 3.63. The Balaban J connectivity index is 1.37. The van der Waals surface area contributed by atoms with Gasteiger partial charge in [0.2, 0.25) is 0 Å². The smallest absolute Gasteiger partial charge is 0.344 e. The molecule has 1 aliphatic heterocycles. The van der Waals surface area contributed by atoms with Crippen molar-refractivity contribution in [3.05, 3.63) is 36.1 Å². The predicted molar refractivity (Wildman–Crippen MR) is 99.5 cm³/mol. The van der Waals surface area contributed by atoms with Gasteiger partial charge in [0.05, 0.1) is 7.11 Å². The van der Waals surface area contributed by atoms with Gasteiger partial charge in [0.1, 0.15) is 11.5 Å². The molecule has 28 heavy (non-hydrogen) atoms. The van der Waals surface area contributed by atoms with Gasteiger partial charge >= 0.3 is 5.97 Å². The summed E-state index contributed by atoms with van der Waals surface area (Å²) >= 11 is 0. The van der Waals surface area contributed by atoms with Gasteiger partial charge in [-0.2, -0.15) is 0 Å². The van der Waals surface area contributed by atoms with E-state index in [0.717, 1.165) is 11.4 Å². The van der Waals surface area contributed by atoms with Crippen LogP contribution in [0.15, 0.2) is 34.9 Å². The number of aromatic nitrogens is 1. The number of carbonyl (C=O) groups excluding carboxylic acids is 2. The molecule has 2 heterocycles. The summed E-state index contributed by atoms with van der Waals surface area (Å²) in [7, 11) is 1.63. The molecule has 1 aliphatic rings. The molecule has 150 valence electrons. The van der Waals surface area contributed by atoms with E-state index in [0.29, 0.717) is 31.9 Å². The standard InChI is InChI=1S/C19H23N3O6/c1-14-11-17(20-28-14)26-13-19(24)27-12-18(23)22-9-7-21(8-10-22)15-3-5-16(25-2)6-4-15/h3-6,11H,7-10,12-13H2,1-2H3. The Morgan fingerprint density at radius 2 is 1.82 bits per heavy atom. The number of aryl methyl sites for hydroxylation is 1. The Bertz CT molecular complexity index is 796. The number of anilines is 1. The lowest BCUT2D eigenvalue weighted by molar-refractivity contribution is -0.153. The number of benzene rings is 1. The first-order valence-electron chi connectivity index (χ1n) is 8.93. The maximum atomic E-state index is 12.3. The van der Waals surface area contributed by atoms with Crippen molar-refractivity contribution >= 4 is 17.6 Å². The van der Waals surface area contributed by atoms with Crippen LogP contribution in [0.4, 0.5) is 5.69 Å². The Morgan fingerprint density at radius 1 is 1.11 bits per heavy atom. The average Bonchev–Trinajstić information content (AvgIpc) is 3.16. The van der Waals surface area contributed by atoms with Crippen molar-refractivity contribution in [1.82, 2.24) is 10.1 Å². The van der Waals surface area contributed by atoms with Crippen LogP contribution in [-0.2, 0) is 14.3 Å². The first kappa shape index (κ1) is 19.5. The van der Waals surface area contributed by atoms with Crippen LogP contribution in [-0.4, -0.2) is 68.4 Å². The van der Waals surface area contributed by atoms with Crippen LogP contribution in [0.5, 0.6) is 11.6 Å². The van der Waals surface area contributed by atoms with Crippen LogP contribution in [0.2, 0.25) is 0 Å². The number of amides is 1. The van der Waals surface area contributed by atoms with E-state index in [-0.39, 0.29) is 25.0 Å². The first-order chi connectivity index (χ1) is 13.5. The molecule has 9 nitrogen and oxygen atoms in total. The zero-order chi connectivity index (χ0) is 19.9. The van der Waals surface area contributed by atoms with Crippen LogP contribution < -0.4 is 14.4 Å². The lowest BCUT2D eigenvalue weighted by Crippen LogP contribution is -2.50. The van der Waals surface area contributed by atoms with Gasteiger partial charge in [-0.15, -0.1) is 0 Å². The van der Waals surface area contributed by atoms with Crippen molar-refractivity contribution < 1.29 is 28.3 Å². The fourth-order valence-corrected chi connectivity index (χ4v) is 2.83. The van der Waals surface area contributed by atoms with E-state index in [1.807, 2.05) is 24.3 Å². The van der Waals surface area contributed by atoms with Gasteiger partial charge in [-0.3, -0.25) is 4.79 Å². The zero-order valence-electron chi connectivity index (χ0n) is 15.9. The highest BCUT2D eigenvalue weighted by molar-refractivity contribution is 5.81. The van der Waals surface area contributed by atoms with Crippen molar-refractivity contribution in [2.24, 2.45) is 0 Å². The summed E-state index contributed by atoms with van der Waals surface area (Å²) in [5.74, 6) is 0.732. The zero-order valence-corrected chi connectivity index (χ0v) is 15.9. The third-order valence-electron chi connectivity index (χ3n) is 4.37. The minimum absolute atomic E-state index is 0.204. The van der Waals surface area contributed by atoms with Crippen LogP contribution >= 0.6 is 0 Å². The maximum absolute atomic E-state index is 12.3. The molecule has 3 rings (SSSR count). The van der Waals surface area contributed by atoms with Crippen molar-refractivity contribution in [2.45, 2.75) is 6.92 Å².